The normalized spacial score (nSPS) is 15.5. The Morgan fingerprint density at radius 2 is 1.93 bits per heavy atom. The van der Waals surface area contributed by atoms with E-state index in [0.29, 0.717) is 18.8 Å². The van der Waals surface area contributed by atoms with Crippen molar-refractivity contribution in [2.75, 3.05) is 0 Å². The number of furan rings is 1. The molecule has 0 bridgehead atoms. The number of rotatable bonds is 4. The zero-order valence-corrected chi connectivity index (χ0v) is 25.4. The van der Waals surface area contributed by atoms with Crippen LogP contribution in [-0.4, -0.2) is 15.9 Å². The van der Waals surface area contributed by atoms with Crippen LogP contribution >= 0.6 is 0 Å². The summed E-state index contributed by atoms with van der Waals surface area (Å²) in [5.41, 5.74) is 7.64. The first-order valence-electron chi connectivity index (χ1n) is 13.8. The van der Waals surface area contributed by atoms with Crippen molar-refractivity contribution >= 4 is 44.6 Å². The number of carbonyl (C=O) groups is 1. The predicted molar refractivity (Wildman–Crippen MR) is 163 cm³/mol. The van der Waals surface area contributed by atoms with Gasteiger partial charge in [-0.2, -0.15) is 0 Å². The van der Waals surface area contributed by atoms with E-state index in [1.807, 2.05) is 18.3 Å². The minimum absolute atomic E-state index is 0. The zero-order valence-electron chi connectivity index (χ0n) is 23.0. The maximum atomic E-state index is 10.5. The monoisotopic (exact) mass is 717 g/mol. The van der Waals surface area contributed by atoms with Gasteiger partial charge in [-0.05, 0) is 51.7 Å². The van der Waals surface area contributed by atoms with E-state index in [0.717, 1.165) is 39.6 Å². The second-order valence-electron chi connectivity index (χ2n) is 10.0. The van der Waals surface area contributed by atoms with E-state index in [1.165, 1.54) is 33.5 Å². The average Bonchev–Trinajstić information content (AvgIpc) is 3.40. The van der Waals surface area contributed by atoms with E-state index in [-0.39, 0.29) is 31.6 Å². The van der Waals surface area contributed by atoms with Crippen LogP contribution in [0, 0.1) is 6.07 Å². The number of aliphatic hydroxyl groups is 1. The number of pyridine rings is 1. The van der Waals surface area contributed by atoms with Gasteiger partial charge in [0.2, 0.25) is 0 Å². The third-order valence-corrected chi connectivity index (χ3v) is 7.64. The summed E-state index contributed by atoms with van der Waals surface area (Å²) in [6.07, 6.45) is 16.3. The Kier molecular flexibility index (Phi) is 8.49. The number of benzene rings is 3. The third kappa shape index (κ3) is 5.36. The number of ketones is 1. The predicted octanol–water partition coefficient (Wildman–Crippen LogP) is 9.41. The summed E-state index contributed by atoms with van der Waals surface area (Å²) in [4.78, 5) is 15.3. The van der Waals surface area contributed by atoms with Crippen LogP contribution in [0.3, 0.4) is 0 Å². The van der Waals surface area contributed by atoms with Crippen LogP contribution in [0.5, 0.6) is 0 Å². The number of aromatic nitrogens is 1. The van der Waals surface area contributed by atoms with Crippen molar-refractivity contribution in [3.8, 4) is 11.3 Å². The Morgan fingerprint density at radius 3 is 2.76 bits per heavy atom. The number of fused-ring (bicyclic) bond motifs is 8. The van der Waals surface area contributed by atoms with Gasteiger partial charge in [-0.25, -0.2) is 0 Å². The van der Waals surface area contributed by atoms with Crippen LogP contribution in [0.25, 0.3) is 50.0 Å². The Hall–Kier alpha value is -4.05. The fourth-order valence-electron chi connectivity index (χ4n) is 5.55. The standard InChI is InChI=1S/C29H18NO.C7H12O2.Ir/c1-3-8-20-18(6-1)12-13-23-22(20)14-15-26-27(23)24-10-5-11-25(29(24)31-26)28-21-9-4-2-7-19(21)16-17-30-28;1-3-6(8)5-7(9)4-2;/h1-7,9-10,12-17,20H,8H2;5,8H,3-4H2,1-2H3;/q-1;;/b;6-5-;. The van der Waals surface area contributed by atoms with Crippen molar-refractivity contribution in [2.45, 2.75) is 39.0 Å². The fraction of sp³-hybridized carbons (Fsp3) is 0.167. The maximum Gasteiger partial charge on any atom is 0.158 e. The minimum atomic E-state index is -0.0191. The molecule has 1 atom stereocenters. The number of allylic oxidation sites excluding steroid dienone is 7. The summed E-state index contributed by atoms with van der Waals surface area (Å²) in [7, 11) is 0. The number of hydrogen-bond acceptors (Lipinski definition) is 4. The summed E-state index contributed by atoms with van der Waals surface area (Å²) < 4.78 is 6.46. The molecule has 207 valence electrons. The van der Waals surface area contributed by atoms with Crippen LogP contribution in [0.15, 0.2) is 107 Å². The van der Waals surface area contributed by atoms with Gasteiger partial charge in [0.1, 0.15) is 5.58 Å². The first-order valence-corrected chi connectivity index (χ1v) is 13.8. The molecule has 5 aromatic rings. The van der Waals surface area contributed by atoms with E-state index in [4.69, 9.17) is 14.5 Å². The van der Waals surface area contributed by atoms with Crippen molar-refractivity contribution in [1.29, 1.82) is 0 Å². The molecule has 7 rings (SSSR count). The van der Waals surface area contributed by atoms with Gasteiger partial charge in [0.05, 0.1) is 11.3 Å². The molecule has 41 heavy (non-hydrogen) atoms. The molecule has 0 saturated carbocycles. The molecule has 1 radical (unpaired) electrons. The zero-order chi connectivity index (χ0) is 27.6. The van der Waals surface area contributed by atoms with E-state index < -0.39 is 0 Å². The van der Waals surface area contributed by atoms with Gasteiger partial charge >= 0.3 is 0 Å². The number of hydrogen-bond donors (Lipinski definition) is 1. The van der Waals surface area contributed by atoms with Crippen molar-refractivity contribution < 1.29 is 34.4 Å². The molecule has 2 aliphatic rings. The molecule has 0 spiro atoms. The van der Waals surface area contributed by atoms with Crippen LogP contribution in [0.4, 0.5) is 0 Å². The van der Waals surface area contributed by atoms with Gasteiger partial charge in [0.15, 0.2) is 5.78 Å². The van der Waals surface area contributed by atoms with E-state index in [1.54, 1.807) is 13.8 Å². The Morgan fingerprint density at radius 1 is 1.07 bits per heavy atom. The van der Waals surface area contributed by atoms with Crippen molar-refractivity contribution in [2.24, 2.45) is 0 Å². The topological polar surface area (TPSA) is 63.3 Å². The molecule has 2 heterocycles. The SMILES string of the molecule is CCC(=O)/C=C(\O)CC.[Ir].[c-]1ccc2c(oc3ccc4c(c32)C=CC2=CC=CCC24)c1-c1nccc2ccccc12. The Balaban J connectivity index is 0.000000296. The molecule has 3 aromatic carbocycles. The van der Waals surface area contributed by atoms with E-state index >= 15 is 0 Å². The van der Waals surface area contributed by atoms with Gasteiger partial charge in [0, 0.05) is 56.5 Å². The summed E-state index contributed by atoms with van der Waals surface area (Å²) in [5.74, 6) is 0.574. The summed E-state index contributed by atoms with van der Waals surface area (Å²) in [5, 5.41) is 13.4. The molecule has 1 N–H and O–H groups in total. The van der Waals surface area contributed by atoms with Crippen LogP contribution in [-0.2, 0) is 24.9 Å². The molecule has 2 aliphatic carbocycles. The van der Waals surface area contributed by atoms with Crippen LogP contribution in [0.2, 0.25) is 0 Å². The van der Waals surface area contributed by atoms with Crippen molar-refractivity contribution in [3.05, 3.63) is 120 Å². The second-order valence-corrected chi connectivity index (χ2v) is 10.0. The molecule has 0 fully saturated rings. The fourth-order valence-corrected chi connectivity index (χ4v) is 5.55. The first-order chi connectivity index (χ1) is 19.6. The van der Waals surface area contributed by atoms with Crippen LogP contribution in [0.1, 0.15) is 50.2 Å². The van der Waals surface area contributed by atoms with E-state index in [9.17, 15) is 4.79 Å². The maximum absolute atomic E-state index is 10.5. The Bertz CT molecular complexity index is 1880. The van der Waals surface area contributed by atoms with Crippen molar-refractivity contribution in [3.63, 3.8) is 0 Å². The summed E-state index contributed by atoms with van der Waals surface area (Å²) >= 11 is 0. The molecule has 0 amide bonds. The Labute approximate surface area is 253 Å². The van der Waals surface area contributed by atoms with Crippen LogP contribution < -0.4 is 0 Å². The van der Waals surface area contributed by atoms with Gasteiger partial charge < -0.3 is 14.5 Å². The number of carbonyl (C=O) groups excluding carboxylic acids is 1. The van der Waals surface area contributed by atoms with Gasteiger partial charge in [0.25, 0.3) is 0 Å². The molecule has 4 nitrogen and oxygen atoms in total. The molecular formula is C36H30IrNO3-. The number of nitrogens with zero attached hydrogens (tertiary/aromatic N) is 1. The second kappa shape index (κ2) is 12.2. The summed E-state index contributed by atoms with van der Waals surface area (Å²) in [6, 6.07) is 22.3. The third-order valence-electron chi connectivity index (χ3n) is 7.64. The van der Waals surface area contributed by atoms with E-state index in [2.05, 4.69) is 78.9 Å². The molecule has 2 aromatic heterocycles. The molecule has 5 heteroatoms. The smallest absolute Gasteiger partial charge is 0.158 e. The first kappa shape index (κ1) is 28.5. The van der Waals surface area contributed by atoms with Gasteiger partial charge in [-0.1, -0.05) is 85.5 Å². The largest absolute Gasteiger partial charge is 0.512 e. The molecule has 0 saturated heterocycles. The average molecular weight is 717 g/mol. The molecular weight excluding hydrogens is 687 g/mol. The molecule has 0 aliphatic heterocycles. The van der Waals surface area contributed by atoms with Gasteiger partial charge in [-0.3, -0.25) is 4.79 Å². The van der Waals surface area contributed by atoms with Gasteiger partial charge in [-0.15, -0.1) is 18.2 Å². The molecule has 1 unspecified atom stereocenters. The summed E-state index contributed by atoms with van der Waals surface area (Å²) in [6.45, 7) is 3.57. The van der Waals surface area contributed by atoms with Crippen molar-refractivity contribution in [1.82, 2.24) is 4.98 Å². The minimum Gasteiger partial charge on any atom is -0.512 e. The quantitative estimate of drug-likeness (QED) is 0.114. The number of aliphatic hydroxyl groups excluding tert-OH is 1.